The maximum Gasteiger partial charge on any atom is 0.0925 e. The van der Waals surface area contributed by atoms with Crippen LogP contribution in [0.4, 0.5) is 0 Å². The van der Waals surface area contributed by atoms with Crippen LogP contribution in [0.5, 0.6) is 0 Å². The SMILES string of the molecule is CCCCCCCCCP(=O)(C(C)C)C(C)C. The van der Waals surface area contributed by atoms with Gasteiger partial charge in [-0.3, -0.25) is 0 Å². The molecule has 0 saturated heterocycles. The molecule has 0 aromatic carbocycles. The maximum atomic E-state index is 12.7. The van der Waals surface area contributed by atoms with E-state index in [1.807, 2.05) is 0 Å². The number of rotatable bonds is 10. The predicted molar refractivity (Wildman–Crippen MR) is 80.7 cm³/mol. The zero-order valence-corrected chi connectivity index (χ0v) is 13.6. The summed E-state index contributed by atoms with van der Waals surface area (Å²) in [6.45, 7) is 10.8. The standard InChI is InChI=1S/C15H33OP/c1-6-7-8-9-10-11-12-13-17(16,14(2)3)15(4)5/h14-15H,6-13H2,1-5H3. The molecule has 0 amide bonds. The molecule has 104 valence electrons. The summed E-state index contributed by atoms with van der Waals surface area (Å²) in [4.78, 5) is 0. The van der Waals surface area contributed by atoms with Crippen LogP contribution in [0.3, 0.4) is 0 Å². The molecule has 0 aliphatic rings. The summed E-state index contributed by atoms with van der Waals surface area (Å²) in [7, 11) is -1.92. The maximum absolute atomic E-state index is 12.7. The molecule has 0 unspecified atom stereocenters. The molecule has 0 aromatic rings. The van der Waals surface area contributed by atoms with Gasteiger partial charge in [0, 0.05) is 17.5 Å². The van der Waals surface area contributed by atoms with E-state index in [1.165, 1.54) is 44.9 Å². The third kappa shape index (κ3) is 6.65. The van der Waals surface area contributed by atoms with Crippen LogP contribution in [0.2, 0.25) is 0 Å². The molecule has 1 nitrogen and oxygen atoms in total. The summed E-state index contributed by atoms with van der Waals surface area (Å²) in [5.74, 6) is 0. The van der Waals surface area contributed by atoms with Crippen LogP contribution in [-0.4, -0.2) is 17.5 Å². The first-order chi connectivity index (χ1) is 7.95. The average Bonchev–Trinajstić information content (AvgIpc) is 2.27. The summed E-state index contributed by atoms with van der Waals surface area (Å²) < 4.78 is 12.7. The number of hydrogen-bond donors (Lipinski definition) is 0. The lowest BCUT2D eigenvalue weighted by atomic mass is 10.1. The Balaban J connectivity index is 3.74. The average molecular weight is 260 g/mol. The molecule has 0 aromatic heterocycles. The van der Waals surface area contributed by atoms with E-state index >= 15 is 0 Å². The summed E-state index contributed by atoms with van der Waals surface area (Å²) in [6.07, 6.45) is 10.2. The molecule has 0 heterocycles. The lowest BCUT2D eigenvalue weighted by molar-refractivity contribution is 0.553. The van der Waals surface area contributed by atoms with Crippen LogP contribution in [0.25, 0.3) is 0 Å². The van der Waals surface area contributed by atoms with E-state index in [4.69, 9.17) is 0 Å². The zero-order chi connectivity index (χ0) is 13.3. The van der Waals surface area contributed by atoms with Gasteiger partial charge in [-0.15, -0.1) is 0 Å². The Morgan fingerprint density at radius 3 is 1.59 bits per heavy atom. The summed E-state index contributed by atoms with van der Waals surface area (Å²) in [5, 5.41) is 0. The fraction of sp³-hybridized carbons (Fsp3) is 1.00. The minimum Gasteiger partial charge on any atom is -0.323 e. The van der Waals surface area contributed by atoms with Gasteiger partial charge in [-0.2, -0.15) is 0 Å². The lowest BCUT2D eigenvalue weighted by Gasteiger charge is -2.26. The van der Waals surface area contributed by atoms with Crippen LogP contribution >= 0.6 is 7.14 Å². The minimum atomic E-state index is -1.92. The summed E-state index contributed by atoms with van der Waals surface area (Å²) in [6, 6.07) is 0. The van der Waals surface area contributed by atoms with Crippen LogP contribution < -0.4 is 0 Å². The van der Waals surface area contributed by atoms with Crippen molar-refractivity contribution in [2.24, 2.45) is 0 Å². The molecule has 0 fully saturated rings. The smallest absolute Gasteiger partial charge is 0.0925 e. The van der Waals surface area contributed by atoms with Crippen LogP contribution in [-0.2, 0) is 4.57 Å². The van der Waals surface area contributed by atoms with Crippen molar-refractivity contribution < 1.29 is 4.57 Å². The molecule has 2 heteroatoms. The van der Waals surface area contributed by atoms with E-state index in [0.29, 0.717) is 11.3 Å². The highest BCUT2D eigenvalue weighted by molar-refractivity contribution is 7.65. The van der Waals surface area contributed by atoms with Crippen LogP contribution in [0.1, 0.15) is 79.6 Å². The van der Waals surface area contributed by atoms with Crippen LogP contribution in [0, 0.1) is 0 Å². The summed E-state index contributed by atoms with van der Waals surface area (Å²) >= 11 is 0. The quantitative estimate of drug-likeness (QED) is 0.352. The van der Waals surface area contributed by atoms with Gasteiger partial charge in [-0.05, 0) is 6.42 Å². The second kappa shape index (κ2) is 9.20. The Labute approximate surface area is 109 Å². The lowest BCUT2D eigenvalue weighted by Crippen LogP contribution is -2.11. The van der Waals surface area contributed by atoms with E-state index in [1.54, 1.807) is 0 Å². The van der Waals surface area contributed by atoms with Gasteiger partial charge in [-0.1, -0.05) is 73.1 Å². The Kier molecular flexibility index (Phi) is 9.32. The van der Waals surface area contributed by atoms with Crippen molar-refractivity contribution >= 4 is 7.14 Å². The first-order valence-corrected chi connectivity index (χ1v) is 9.56. The first kappa shape index (κ1) is 17.2. The van der Waals surface area contributed by atoms with Crippen LogP contribution in [0.15, 0.2) is 0 Å². The second-order valence-corrected chi connectivity index (χ2v) is 10.1. The highest BCUT2D eigenvalue weighted by atomic mass is 31.2. The van der Waals surface area contributed by atoms with Crippen molar-refractivity contribution in [3.63, 3.8) is 0 Å². The van der Waals surface area contributed by atoms with E-state index in [0.717, 1.165) is 6.16 Å². The van der Waals surface area contributed by atoms with E-state index < -0.39 is 7.14 Å². The van der Waals surface area contributed by atoms with Gasteiger partial charge in [0.2, 0.25) is 0 Å². The number of hydrogen-bond acceptors (Lipinski definition) is 1. The van der Waals surface area contributed by atoms with Gasteiger partial charge in [0.05, 0.1) is 7.14 Å². The molecular formula is C15H33OP. The van der Waals surface area contributed by atoms with Crippen molar-refractivity contribution in [2.45, 2.75) is 90.9 Å². The monoisotopic (exact) mass is 260 g/mol. The minimum absolute atomic E-state index is 0.364. The van der Waals surface area contributed by atoms with Gasteiger partial charge in [0.15, 0.2) is 0 Å². The van der Waals surface area contributed by atoms with Crippen molar-refractivity contribution in [3.05, 3.63) is 0 Å². The molecule has 0 aliphatic carbocycles. The largest absolute Gasteiger partial charge is 0.323 e. The molecule has 0 spiro atoms. The zero-order valence-electron chi connectivity index (χ0n) is 12.7. The molecule has 0 radical (unpaired) electrons. The topological polar surface area (TPSA) is 17.1 Å². The van der Waals surface area contributed by atoms with Gasteiger partial charge < -0.3 is 4.57 Å². The molecule has 17 heavy (non-hydrogen) atoms. The third-order valence-corrected chi connectivity index (χ3v) is 8.37. The Bertz CT molecular complexity index is 209. The molecule has 0 atom stereocenters. The Morgan fingerprint density at radius 1 is 0.765 bits per heavy atom. The molecular weight excluding hydrogens is 227 g/mol. The predicted octanol–water partition coefficient (Wildman–Crippen LogP) is 5.92. The second-order valence-electron chi connectivity index (χ2n) is 5.89. The molecule has 0 N–H and O–H groups in total. The third-order valence-electron chi connectivity index (χ3n) is 3.86. The first-order valence-electron chi connectivity index (χ1n) is 7.53. The Morgan fingerprint density at radius 2 is 1.18 bits per heavy atom. The van der Waals surface area contributed by atoms with Crippen molar-refractivity contribution in [3.8, 4) is 0 Å². The Hall–Kier alpha value is 0.230. The fourth-order valence-electron chi connectivity index (χ4n) is 2.43. The van der Waals surface area contributed by atoms with Gasteiger partial charge in [-0.25, -0.2) is 0 Å². The number of unbranched alkanes of at least 4 members (excludes halogenated alkanes) is 6. The van der Waals surface area contributed by atoms with Gasteiger partial charge in [0.1, 0.15) is 0 Å². The molecule has 0 aliphatic heterocycles. The summed E-state index contributed by atoms with van der Waals surface area (Å²) in [5.41, 5.74) is 0.727. The normalized spacial score (nSPS) is 12.6. The molecule has 0 rings (SSSR count). The molecule has 0 bridgehead atoms. The van der Waals surface area contributed by atoms with Crippen molar-refractivity contribution in [1.82, 2.24) is 0 Å². The van der Waals surface area contributed by atoms with Crippen molar-refractivity contribution in [2.75, 3.05) is 6.16 Å². The van der Waals surface area contributed by atoms with E-state index in [9.17, 15) is 4.57 Å². The highest BCUT2D eigenvalue weighted by Crippen LogP contribution is 2.55. The van der Waals surface area contributed by atoms with E-state index in [2.05, 4.69) is 34.6 Å². The fourth-order valence-corrected chi connectivity index (χ4v) is 5.37. The van der Waals surface area contributed by atoms with Crippen molar-refractivity contribution in [1.29, 1.82) is 0 Å². The van der Waals surface area contributed by atoms with Gasteiger partial charge in [0.25, 0.3) is 0 Å². The highest BCUT2D eigenvalue weighted by Gasteiger charge is 2.29. The van der Waals surface area contributed by atoms with E-state index in [-0.39, 0.29) is 0 Å². The molecule has 0 saturated carbocycles. The van der Waals surface area contributed by atoms with Gasteiger partial charge >= 0.3 is 0 Å².